The number of anilines is 2. The summed E-state index contributed by atoms with van der Waals surface area (Å²) < 4.78 is 10.8. The van der Waals surface area contributed by atoms with Gasteiger partial charge >= 0.3 is 5.97 Å². The second-order valence-corrected chi connectivity index (χ2v) is 6.53. The molecule has 1 heterocycles. The number of aliphatic carboxylic acids is 1. The van der Waals surface area contributed by atoms with Gasteiger partial charge < -0.3 is 24.8 Å². The van der Waals surface area contributed by atoms with E-state index in [-0.39, 0.29) is 31.4 Å². The number of carboxylic acids is 1. The molecule has 2 N–H and O–H groups in total. The van der Waals surface area contributed by atoms with E-state index in [1.54, 1.807) is 48.5 Å². The minimum absolute atomic E-state index is 0.000690. The van der Waals surface area contributed by atoms with Gasteiger partial charge in [0.05, 0.1) is 12.5 Å². The van der Waals surface area contributed by atoms with Crippen LogP contribution in [0, 0.1) is 5.92 Å². The molecule has 0 aromatic heterocycles. The standard InChI is InChI=1S/C21H22N2O6/c1-2-28-17-7-3-15(4-8-17)22-19(24)13-29-18-9-5-16(6-10-18)23-12-14(21(26)27)11-20(23)25/h3-10,14H,2,11-13H2,1H3,(H,22,24)(H,26,27)/t14-/m1/s1. The molecule has 0 saturated carbocycles. The van der Waals surface area contributed by atoms with Gasteiger partial charge in [-0.15, -0.1) is 0 Å². The van der Waals surface area contributed by atoms with Crippen LogP contribution in [0.25, 0.3) is 0 Å². The van der Waals surface area contributed by atoms with Crippen LogP contribution < -0.4 is 19.7 Å². The van der Waals surface area contributed by atoms with Gasteiger partial charge in [0, 0.05) is 24.3 Å². The van der Waals surface area contributed by atoms with Crippen LogP contribution in [0.4, 0.5) is 11.4 Å². The summed E-state index contributed by atoms with van der Waals surface area (Å²) in [7, 11) is 0. The zero-order valence-electron chi connectivity index (χ0n) is 16.0. The number of hydrogen-bond acceptors (Lipinski definition) is 5. The predicted octanol–water partition coefficient (Wildman–Crippen LogP) is 2.54. The van der Waals surface area contributed by atoms with E-state index < -0.39 is 11.9 Å². The number of carbonyl (C=O) groups excluding carboxylic acids is 2. The third-order valence-electron chi connectivity index (χ3n) is 4.44. The largest absolute Gasteiger partial charge is 0.494 e. The lowest BCUT2D eigenvalue weighted by Crippen LogP contribution is -2.25. The topological polar surface area (TPSA) is 105 Å². The van der Waals surface area contributed by atoms with Gasteiger partial charge in [0.15, 0.2) is 6.61 Å². The molecule has 152 valence electrons. The fraction of sp³-hybridized carbons (Fsp3) is 0.286. The Morgan fingerprint density at radius 1 is 1.07 bits per heavy atom. The number of rotatable bonds is 8. The van der Waals surface area contributed by atoms with E-state index in [1.165, 1.54) is 4.90 Å². The average Bonchev–Trinajstić information content (AvgIpc) is 3.11. The predicted molar refractivity (Wildman–Crippen MR) is 106 cm³/mol. The lowest BCUT2D eigenvalue weighted by atomic mass is 10.1. The second kappa shape index (κ2) is 9.09. The molecule has 1 atom stereocenters. The molecule has 0 radical (unpaired) electrons. The van der Waals surface area contributed by atoms with Crippen LogP contribution in [-0.4, -0.2) is 42.6 Å². The molecular formula is C21H22N2O6. The summed E-state index contributed by atoms with van der Waals surface area (Å²) in [6.45, 7) is 2.45. The van der Waals surface area contributed by atoms with Crippen molar-refractivity contribution in [1.29, 1.82) is 0 Å². The number of nitrogens with one attached hydrogen (secondary N) is 1. The van der Waals surface area contributed by atoms with Crippen molar-refractivity contribution in [3.05, 3.63) is 48.5 Å². The van der Waals surface area contributed by atoms with Crippen molar-refractivity contribution in [3.63, 3.8) is 0 Å². The summed E-state index contributed by atoms with van der Waals surface area (Å²) in [4.78, 5) is 36.5. The van der Waals surface area contributed by atoms with Gasteiger partial charge in [-0.05, 0) is 55.5 Å². The van der Waals surface area contributed by atoms with Crippen molar-refractivity contribution in [2.45, 2.75) is 13.3 Å². The third-order valence-corrected chi connectivity index (χ3v) is 4.44. The Morgan fingerprint density at radius 2 is 1.69 bits per heavy atom. The molecule has 3 rings (SSSR count). The van der Waals surface area contributed by atoms with Crippen molar-refractivity contribution >= 4 is 29.2 Å². The quantitative estimate of drug-likeness (QED) is 0.708. The molecule has 2 amide bonds. The molecule has 0 bridgehead atoms. The lowest BCUT2D eigenvalue weighted by Gasteiger charge is -2.16. The Kier molecular flexibility index (Phi) is 6.33. The molecule has 0 spiro atoms. The van der Waals surface area contributed by atoms with E-state index >= 15 is 0 Å². The van der Waals surface area contributed by atoms with Gasteiger partial charge in [-0.25, -0.2) is 0 Å². The Bertz CT molecular complexity index is 879. The minimum atomic E-state index is -0.973. The number of carbonyl (C=O) groups is 3. The Labute approximate surface area is 168 Å². The maximum Gasteiger partial charge on any atom is 0.308 e. The first-order valence-corrected chi connectivity index (χ1v) is 9.25. The number of ether oxygens (including phenoxy) is 2. The average molecular weight is 398 g/mol. The Morgan fingerprint density at radius 3 is 2.28 bits per heavy atom. The zero-order valence-corrected chi connectivity index (χ0v) is 16.0. The van der Waals surface area contributed by atoms with Gasteiger partial charge in [-0.1, -0.05) is 0 Å². The van der Waals surface area contributed by atoms with Crippen LogP contribution in [0.1, 0.15) is 13.3 Å². The fourth-order valence-corrected chi connectivity index (χ4v) is 2.99. The van der Waals surface area contributed by atoms with Crippen molar-refractivity contribution in [2.24, 2.45) is 5.92 Å². The zero-order chi connectivity index (χ0) is 20.8. The summed E-state index contributed by atoms with van der Waals surface area (Å²) in [6, 6.07) is 13.6. The monoisotopic (exact) mass is 398 g/mol. The van der Waals surface area contributed by atoms with Gasteiger partial charge in [0.25, 0.3) is 5.91 Å². The van der Waals surface area contributed by atoms with Crippen LogP contribution in [0.15, 0.2) is 48.5 Å². The molecule has 0 aliphatic carbocycles. The molecule has 2 aromatic carbocycles. The van der Waals surface area contributed by atoms with Crippen LogP contribution >= 0.6 is 0 Å². The molecule has 8 heteroatoms. The van der Waals surface area contributed by atoms with E-state index in [9.17, 15) is 14.4 Å². The number of hydrogen-bond donors (Lipinski definition) is 2. The molecule has 1 aliphatic heterocycles. The molecule has 1 saturated heterocycles. The highest BCUT2D eigenvalue weighted by atomic mass is 16.5. The molecule has 8 nitrogen and oxygen atoms in total. The van der Waals surface area contributed by atoms with E-state index in [0.717, 1.165) is 5.75 Å². The summed E-state index contributed by atoms with van der Waals surface area (Å²) >= 11 is 0. The van der Waals surface area contributed by atoms with Crippen LogP contribution in [0.5, 0.6) is 11.5 Å². The first-order valence-electron chi connectivity index (χ1n) is 9.25. The fourth-order valence-electron chi connectivity index (χ4n) is 2.99. The van der Waals surface area contributed by atoms with Gasteiger partial charge in [0.1, 0.15) is 11.5 Å². The number of carboxylic acid groups (broad SMARTS) is 1. The molecule has 1 aliphatic rings. The first-order chi connectivity index (χ1) is 14.0. The third kappa shape index (κ3) is 5.25. The summed E-state index contributed by atoms with van der Waals surface area (Å²) in [5, 5.41) is 11.8. The molecule has 29 heavy (non-hydrogen) atoms. The van der Waals surface area contributed by atoms with Crippen molar-refractivity contribution in [1.82, 2.24) is 0 Å². The molecule has 0 unspecified atom stereocenters. The van der Waals surface area contributed by atoms with Crippen LogP contribution in [-0.2, 0) is 14.4 Å². The normalized spacial score (nSPS) is 15.8. The minimum Gasteiger partial charge on any atom is -0.494 e. The van der Waals surface area contributed by atoms with Gasteiger partial charge in [-0.3, -0.25) is 14.4 Å². The summed E-state index contributed by atoms with van der Waals surface area (Å²) in [5.41, 5.74) is 1.24. The number of nitrogens with zero attached hydrogens (tertiary/aromatic N) is 1. The van der Waals surface area contributed by atoms with E-state index in [1.807, 2.05) is 6.92 Å². The van der Waals surface area contributed by atoms with Crippen LogP contribution in [0.2, 0.25) is 0 Å². The van der Waals surface area contributed by atoms with E-state index in [0.29, 0.717) is 23.7 Å². The molecular weight excluding hydrogens is 376 g/mol. The highest BCUT2D eigenvalue weighted by Gasteiger charge is 2.34. The highest BCUT2D eigenvalue weighted by molar-refractivity contribution is 5.99. The smallest absolute Gasteiger partial charge is 0.308 e. The van der Waals surface area contributed by atoms with Crippen molar-refractivity contribution < 1.29 is 29.0 Å². The number of amides is 2. The highest BCUT2D eigenvalue weighted by Crippen LogP contribution is 2.27. The van der Waals surface area contributed by atoms with Gasteiger partial charge in [-0.2, -0.15) is 0 Å². The maximum atomic E-state index is 12.0. The Balaban J connectivity index is 1.50. The van der Waals surface area contributed by atoms with Crippen molar-refractivity contribution in [2.75, 3.05) is 30.0 Å². The SMILES string of the molecule is CCOc1ccc(NC(=O)COc2ccc(N3C[C@H](C(=O)O)CC3=O)cc2)cc1. The molecule has 1 fully saturated rings. The van der Waals surface area contributed by atoms with E-state index in [2.05, 4.69) is 5.32 Å². The second-order valence-electron chi connectivity index (χ2n) is 6.53. The first kappa shape index (κ1) is 20.2. The van der Waals surface area contributed by atoms with Gasteiger partial charge in [0.2, 0.25) is 5.91 Å². The maximum absolute atomic E-state index is 12.0. The summed E-state index contributed by atoms with van der Waals surface area (Å²) in [5.74, 6) is -0.993. The summed E-state index contributed by atoms with van der Waals surface area (Å²) in [6.07, 6.45) is -0.000690. The molecule has 2 aromatic rings. The van der Waals surface area contributed by atoms with E-state index in [4.69, 9.17) is 14.6 Å². The van der Waals surface area contributed by atoms with Crippen molar-refractivity contribution in [3.8, 4) is 11.5 Å². The number of benzene rings is 2. The van der Waals surface area contributed by atoms with Crippen LogP contribution in [0.3, 0.4) is 0 Å². The Hall–Kier alpha value is -3.55. The lowest BCUT2D eigenvalue weighted by molar-refractivity contribution is -0.141.